The van der Waals surface area contributed by atoms with Gasteiger partial charge in [0.2, 0.25) is 11.6 Å². The molecular formula is C22H27N3O6. The monoisotopic (exact) mass is 429 g/mol. The number of carbonyl (C=O) groups is 1. The minimum absolute atomic E-state index is 0.191. The van der Waals surface area contributed by atoms with E-state index >= 15 is 0 Å². The first-order valence-corrected chi connectivity index (χ1v) is 9.87. The predicted molar refractivity (Wildman–Crippen MR) is 113 cm³/mol. The Morgan fingerprint density at radius 3 is 2.42 bits per heavy atom. The van der Waals surface area contributed by atoms with Gasteiger partial charge in [-0.1, -0.05) is 0 Å². The number of esters is 1. The Labute approximate surface area is 180 Å². The Hall–Kier alpha value is -3.49. The second kappa shape index (κ2) is 10.0. The summed E-state index contributed by atoms with van der Waals surface area (Å²) in [5, 5.41) is 4.29. The lowest BCUT2D eigenvalue weighted by Crippen LogP contribution is -2.13. The highest BCUT2D eigenvalue weighted by molar-refractivity contribution is 5.66. The van der Waals surface area contributed by atoms with Gasteiger partial charge in [-0.15, -0.1) is 0 Å². The summed E-state index contributed by atoms with van der Waals surface area (Å²) in [5.74, 6) is 1.90. The zero-order chi connectivity index (χ0) is 22.4. The molecule has 3 aromatic rings. The normalized spacial score (nSPS) is 11.8. The topological polar surface area (TPSA) is 93.4 Å². The van der Waals surface area contributed by atoms with E-state index in [0.717, 1.165) is 11.3 Å². The van der Waals surface area contributed by atoms with Gasteiger partial charge in [-0.3, -0.25) is 4.79 Å². The molecular weight excluding hydrogens is 402 g/mol. The number of nitrogens with zero attached hydrogens (tertiary/aromatic N) is 3. The highest BCUT2D eigenvalue weighted by Gasteiger charge is 2.15. The summed E-state index contributed by atoms with van der Waals surface area (Å²) in [4.78, 5) is 15.7. The van der Waals surface area contributed by atoms with E-state index in [2.05, 4.69) is 10.1 Å². The maximum atomic E-state index is 11.1. The maximum Gasteiger partial charge on any atom is 0.302 e. The molecule has 1 unspecified atom stereocenters. The number of aryl methyl sites for hydroxylation is 1. The fraction of sp³-hybridized carbons (Fsp3) is 0.409. The van der Waals surface area contributed by atoms with E-state index in [0.29, 0.717) is 41.6 Å². The molecule has 1 aromatic carbocycles. The van der Waals surface area contributed by atoms with Gasteiger partial charge in [0.15, 0.2) is 17.1 Å². The standard InChI is InChI=1S/C22H27N3O6/c1-14(31-15(2)26)6-7-17-12-21(25-20(24-17)8-9-23-25)30-13-16-10-18(27-3)22(29-5)19(11-16)28-4/h8-12,14H,6-7,13H2,1-5H3. The highest BCUT2D eigenvalue weighted by Crippen LogP contribution is 2.38. The van der Waals surface area contributed by atoms with Crippen molar-refractivity contribution < 1.29 is 28.5 Å². The summed E-state index contributed by atoms with van der Waals surface area (Å²) in [5.41, 5.74) is 2.35. The van der Waals surface area contributed by atoms with Crippen molar-refractivity contribution in [1.29, 1.82) is 0 Å². The van der Waals surface area contributed by atoms with E-state index in [1.807, 2.05) is 31.2 Å². The predicted octanol–water partition coefficient (Wildman–Crippen LogP) is 3.22. The van der Waals surface area contributed by atoms with Crippen LogP contribution in [-0.2, 0) is 22.6 Å². The number of hydrogen-bond acceptors (Lipinski definition) is 8. The Morgan fingerprint density at radius 2 is 1.81 bits per heavy atom. The Kier molecular flexibility index (Phi) is 7.17. The first-order chi connectivity index (χ1) is 14.9. The van der Waals surface area contributed by atoms with Gasteiger partial charge >= 0.3 is 5.97 Å². The molecule has 0 aliphatic rings. The third-order valence-corrected chi connectivity index (χ3v) is 4.67. The number of hydrogen-bond donors (Lipinski definition) is 0. The van der Waals surface area contributed by atoms with Crippen LogP contribution in [0.15, 0.2) is 30.5 Å². The van der Waals surface area contributed by atoms with Crippen LogP contribution in [0.3, 0.4) is 0 Å². The number of benzene rings is 1. The third-order valence-electron chi connectivity index (χ3n) is 4.67. The molecule has 2 aromatic heterocycles. The molecule has 0 amide bonds. The number of aromatic nitrogens is 3. The lowest BCUT2D eigenvalue weighted by molar-refractivity contribution is -0.145. The Morgan fingerprint density at radius 1 is 1.10 bits per heavy atom. The fourth-order valence-corrected chi connectivity index (χ4v) is 3.23. The van der Waals surface area contributed by atoms with Crippen LogP contribution >= 0.6 is 0 Å². The minimum atomic E-state index is -0.291. The summed E-state index contributed by atoms with van der Waals surface area (Å²) in [6, 6.07) is 7.33. The second-order valence-corrected chi connectivity index (χ2v) is 6.97. The molecule has 166 valence electrons. The minimum Gasteiger partial charge on any atom is -0.493 e. The summed E-state index contributed by atoms with van der Waals surface area (Å²) >= 11 is 0. The smallest absolute Gasteiger partial charge is 0.302 e. The van der Waals surface area contributed by atoms with Gasteiger partial charge in [-0.2, -0.15) is 9.61 Å². The van der Waals surface area contributed by atoms with Crippen LogP contribution < -0.4 is 18.9 Å². The van der Waals surface area contributed by atoms with Gasteiger partial charge in [0, 0.05) is 24.8 Å². The van der Waals surface area contributed by atoms with E-state index in [4.69, 9.17) is 23.7 Å². The number of rotatable bonds is 10. The van der Waals surface area contributed by atoms with E-state index < -0.39 is 0 Å². The molecule has 0 aliphatic carbocycles. The molecule has 0 saturated heterocycles. The van der Waals surface area contributed by atoms with Crippen molar-refractivity contribution in [3.8, 4) is 23.1 Å². The molecule has 2 heterocycles. The molecule has 0 bridgehead atoms. The van der Waals surface area contributed by atoms with E-state index in [1.54, 1.807) is 32.0 Å². The quantitative estimate of drug-likeness (QED) is 0.454. The highest BCUT2D eigenvalue weighted by atomic mass is 16.5. The molecule has 0 N–H and O–H groups in total. The third kappa shape index (κ3) is 5.36. The van der Waals surface area contributed by atoms with Crippen molar-refractivity contribution >= 4 is 11.6 Å². The largest absolute Gasteiger partial charge is 0.493 e. The number of carbonyl (C=O) groups excluding carboxylic acids is 1. The van der Waals surface area contributed by atoms with Gasteiger partial charge in [-0.25, -0.2) is 4.98 Å². The van der Waals surface area contributed by atoms with E-state index in [-0.39, 0.29) is 18.7 Å². The van der Waals surface area contributed by atoms with Gasteiger partial charge in [0.05, 0.1) is 33.6 Å². The number of fused-ring (bicyclic) bond motifs is 1. The molecule has 0 spiro atoms. The maximum absolute atomic E-state index is 11.1. The molecule has 9 heteroatoms. The summed E-state index contributed by atoms with van der Waals surface area (Å²) in [7, 11) is 4.70. The van der Waals surface area contributed by atoms with Crippen molar-refractivity contribution in [2.75, 3.05) is 21.3 Å². The van der Waals surface area contributed by atoms with Gasteiger partial charge in [-0.05, 0) is 37.5 Å². The van der Waals surface area contributed by atoms with Crippen LogP contribution in [0, 0.1) is 0 Å². The van der Waals surface area contributed by atoms with Crippen LogP contribution in [-0.4, -0.2) is 48.0 Å². The van der Waals surface area contributed by atoms with Crippen LogP contribution in [0.5, 0.6) is 23.1 Å². The average Bonchev–Trinajstić information content (AvgIpc) is 3.23. The van der Waals surface area contributed by atoms with Crippen LogP contribution in [0.25, 0.3) is 5.65 Å². The number of methoxy groups -OCH3 is 3. The van der Waals surface area contributed by atoms with Crippen molar-refractivity contribution in [3.63, 3.8) is 0 Å². The number of ether oxygens (including phenoxy) is 5. The Balaban J connectivity index is 1.80. The average molecular weight is 429 g/mol. The van der Waals surface area contributed by atoms with E-state index in [9.17, 15) is 4.79 Å². The lowest BCUT2D eigenvalue weighted by atomic mass is 10.1. The summed E-state index contributed by atoms with van der Waals surface area (Å²) in [6.07, 6.45) is 2.77. The van der Waals surface area contributed by atoms with Crippen molar-refractivity contribution in [2.24, 2.45) is 0 Å². The van der Waals surface area contributed by atoms with Crippen molar-refractivity contribution in [2.45, 2.75) is 39.4 Å². The molecule has 9 nitrogen and oxygen atoms in total. The SMILES string of the molecule is COc1cc(COc2cc(CCC(C)OC(C)=O)nc3ccnn23)cc(OC)c1OC. The zero-order valence-electron chi connectivity index (χ0n) is 18.4. The molecule has 0 radical (unpaired) electrons. The molecule has 0 aliphatic heterocycles. The van der Waals surface area contributed by atoms with Crippen molar-refractivity contribution in [3.05, 3.63) is 41.7 Å². The first kappa shape index (κ1) is 22.2. The van der Waals surface area contributed by atoms with Gasteiger partial charge < -0.3 is 23.7 Å². The molecule has 0 fully saturated rings. The van der Waals surface area contributed by atoms with Crippen LogP contribution in [0.1, 0.15) is 31.5 Å². The molecule has 0 saturated carbocycles. The van der Waals surface area contributed by atoms with Gasteiger partial charge in [0.1, 0.15) is 6.61 Å². The fourth-order valence-electron chi connectivity index (χ4n) is 3.23. The Bertz CT molecular complexity index is 1020. The molecule has 3 rings (SSSR count). The zero-order valence-corrected chi connectivity index (χ0v) is 18.4. The molecule has 31 heavy (non-hydrogen) atoms. The van der Waals surface area contributed by atoms with Gasteiger partial charge in [0.25, 0.3) is 0 Å². The van der Waals surface area contributed by atoms with E-state index in [1.165, 1.54) is 6.92 Å². The molecule has 1 atom stereocenters. The summed E-state index contributed by atoms with van der Waals surface area (Å²) < 4.78 is 29.1. The van der Waals surface area contributed by atoms with Crippen molar-refractivity contribution in [1.82, 2.24) is 14.6 Å². The first-order valence-electron chi connectivity index (χ1n) is 9.87. The summed E-state index contributed by atoms with van der Waals surface area (Å²) in [6.45, 7) is 3.53. The van der Waals surface area contributed by atoms with Crippen LogP contribution in [0.2, 0.25) is 0 Å². The lowest BCUT2D eigenvalue weighted by Gasteiger charge is -2.15. The van der Waals surface area contributed by atoms with Crippen LogP contribution in [0.4, 0.5) is 0 Å². The second-order valence-electron chi connectivity index (χ2n) is 6.97.